The quantitative estimate of drug-likeness (QED) is 0.316. The van der Waals surface area contributed by atoms with Gasteiger partial charge < -0.3 is 15.3 Å². The van der Waals surface area contributed by atoms with Crippen molar-refractivity contribution in [3.8, 4) is 28.0 Å². The van der Waals surface area contributed by atoms with Gasteiger partial charge in [-0.15, -0.1) is 21.5 Å². The lowest BCUT2D eigenvalue weighted by atomic mass is 10.2. The molecule has 31 heavy (non-hydrogen) atoms. The minimum absolute atomic E-state index is 0.480. The molecule has 0 bridgehead atoms. The SMILES string of the molecule is CCOc1ccc(-c2nc(CSc3nnc(-n4nc(C)cc4C)n3N)cs2)cc1OC. The molecule has 0 aliphatic heterocycles. The average Bonchev–Trinajstić information content (AvgIpc) is 3.46. The van der Waals surface area contributed by atoms with Crippen molar-refractivity contribution >= 4 is 23.1 Å². The zero-order chi connectivity index (χ0) is 22.0. The Kier molecular flexibility index (Phi) is 6.14. The van der Waals surface area contributed by atoms with E-state index in [1.165, 1.54) is 16.4 Å². The summed E-state index contributed by atoms with van der Waals surface area (Å²) in [4.78, 5) is 4.74. The van der Waals surface area contributed by atoms with Crippen LogP contribution < -0.4 is 15.3 Å². The maximum absolute atomic E-state index is 6.21. The number of aryl methyl sites for hydroxylation is 2. The van der Waals surface area contributed by atoms with Crippen LogP contribution in [0.2, 0.25) is 0 Å². The molecule has 0 aliphatic carbocycles. The van der Waals surface area contributed by atoms with Crippen molar-refractivity contribution in [3.63, 3.8) is 0 Å². The number of benzene rings is 1. The molecule has 162 valence electrons. The molecular formula is C20H23N7O2S2. The Morgan fingerprint density at radius 1 is 1.16 bits per heavy atom. The summed E-state index contributed by atoms with van der Waals surface area (Å²) in [5.74, 6) is 8.73. The van der Waals surface area contributed by atoms with Gasteiger partial charge in [-0.05, 0) is 45.0 Å². The second kappa shape index (κ2) is 8.98. The summed E-state index contributed by atoms with van der Waals surface area (Å²) in [6.45, 7) is 6.41. The van der Waals surface area contributed by atoms with E-state index in [2.05, 4.69) is 15.3 Å². The second-order valence-electron chi connectivity index (χ2n) is 6.72. The number of nitrogen functional groups attached to an aromatic ring is 1. The van der Waals surface area contributed by atoms with E-state index in [-0.39, 0.29) is 0 Å². The Balaban J connectivity index is 1.48. The molecule has 0 amide bonds. The lowest BCUT2D eigenvalue weighted by molar-refractivity contribution is 0.311. The zero-order valence-corrected chi connectivity index (χ0v) is 19.3. The molecule has 0 saturated carbocycles. The van der Waals surface area contributed by atoms with Crippen LogP contribution in [0.5, 0.6) is 11.5 Å². The fraction of sp³-hybridized carbons (Fsp3) is 0.300. The molecule has 0 fully saturated rings. The molecule has 0 saturated heterocycles. The van der Waals surface area contributed by atoms with E-state index in [1.54, 1.807) is 23.1 Å². The number of hydrogen-bond acceptors (Lipinski definition) is 9. The maximum Gasteiger partial charge on any atom is 0.271 e. The van der Waals surface area contributed by atoms with Gasteiger partial charge in [-0.1, -0.05) is 11.8 Å². The predicted octanol–water partition coefficient (Wildman–Crippen LogP) is 3.62. The molecule has 4 rings (SSSR count). The first-order chi connectivity index (χ1) is 15.0. The Morgan fingerprint density at radius 3 is 2.71 bits per heavy atom. The van der Waals surface area contributed by atoms with Crippen LogP contribution in [0.4, 0.5) is 0 Å². The van der Waals surface area contributed by atoms with Crippen molar-refractivity contribution in [2.45, 2.75) is 31.7 Å². The predicted molar refractivity (Wildman–Crippen MR) is 122 cm³/mol. The highest BCUT2D eigenvalue weighted by Gasteiger charge is 2.16. The van der Waals surface area contributed by atoms with Gasteiger partial charge in [0.25, 0.3) is 5.95 Å². The van der Waals surface area contributed by atoms with E-state index in [1.807, 2.05) is 50.4 Å². The standard InChI is InChI=1S/C20H23N7O2S2/c1-5-29-16-7-6-14(9-17(16)28-4)18-22-15(10-30-18)11-31-20-24-23-19(26(20)21)27-13(3)8-12(2)25-27/h6-10H,5,11,21H2,1-4H3. The molecule has 0 aliphatic rings. The van der Waals surface area contributed by atoms with E-state index >= 15 is 0 Å². The molecule has 3 heterocycles. The first kappa shape index (κ1) is 21.2. The average molecular weight is 458 g/mol. The van der Waals surface area contributed by atoms with Crippen molar-refractivity contribution in [2.75, 3.05) is 19.6 Å². The molecule has 0 radical (unpaired) electrons. The number of rotatable bonds is 8. The number of hydrogen-bond donors (Lipinski definition) is 1. The van der Waals surface area contributed by atoms with Crippen LogP contribution in [-0.2, 0) is 5.75 Å². The van der Waals surface area contributed by atoms with Gasteiger partial charge >= 0.3 is 0 Å². The summed E-state index contributed by atoms with van der Waals surface area (Å²) < 4.78 is 14.2. The highest BCUT2D eigenvalue weighted by Crippen LogP contribution is 2.34. The van der Waals surface area contributed by atoms with Crippen LogP contribution in [0.25, 0.3) is 16.5 Å². The number of nitrogens with two attached hydrogens (primary N) is 1. The second-order valence-corrected chi connectivity index (χ2v) is 8.52. The third-order valence-corrected chi connectivity index (χ3v) is 6.37. The lowest BCUT2D eigenvalue weighted by Crippen LogP contribution is -2.17. The van der Waals surface area contributed by atoms with Crippen molar-refractivity contribution in [2.24, 2.45) is 0 Å². The summed E-state index contributed by atoms with van der Waals surface area (Å²) in [6.07, 6.45) is 0. The van der Waals surface area contributed by atoms with Crippen LogP contribution in [0.15, 0.2) is 34.8 Å². The van der Waals surface area contributed by atoms with E-state index in [0.29, 0.717) is 29.2 Å². The van der Waals surface area contributed by atoms with Crippen molar-refractivity contribution in [3.05, 3.63) is 46.7 Å². The minimum atomic E-state index is 0.480. The summed E-state index contributed by atoms with van der Waals surface area (Å²) in [5, 5.41) is 16.4. The van der Waals surface area contributed by atoms with Crippen LogP contribution in [-0.4, -0.2) is 43.4 Å². The maximum atomic E-state index is 6.21. The summed E-state index contributed by atoms with van der Waals surface area (Å²) in [7, 11) is 1.63. The van der Waals surface area contributed by atoms with Crippen molar-refractivity contribution in [1.29, 1.82) is 0 Å². The Hall–Kier alpha value is -3.05. The lowest BCUT2D eigenvalue weighted by Gasteiger charge is -2.09. The molecular weight excluding hydrogens is 434 g/mol. The van der Waals surface area contributed by atoms with Gasteiger partial charge in [0.1, 0.15) is 5.01 Å². The van der Waals surface area contributed by atoms with Gasteiger partial charge in [0.2, 0.25) is 5.16 Å². The summed E-state index contributed by atoms with van der Waals surface area (Å²) in [5.41, 5.74) is 3.77. The molecule has 4 aromatic rings. The highest BCUT2D eigenvalue weighted by molar-refractivity contribution is 7.98. The van der Waals surface area contributed by atoms with Gasteiger partial charge in [-0.25, -0.2) is 14.3 Å². The number of ether oxygens (including phenoxy) is 2. The van der Waals surface area contributed by atoms with Gasteiger partial charge in [-0.2, -0.15) is 5.10 Å². The first-order valence-corrected chi connectivity index (χ1v) is 11.5. The first-order valence-electron chi connectivity index (χ1n) is 9.62. The van der Waals surface area contributed by atoms with Gasteiger partial charge in [0.05, 0.1) is 25.1 Å². The normalized spacial score (nSPS) is 11.1. The fourth-order valence-electron chi connectivity index (χ4n) is 3.06. The molecule has 11 heteroatoms. The largest absolute Gasteiger partial charge is 0.493 e. The number of thioether (sulfide) groups is 1. The molecule has 2 N–H and O–H groups in total. The molecule has 0 atom stereocenters. The van der Waals surface area contributed by atoms with E-state index in [9.17, 15) is 0 Å². The molecule has 9 nitrogen and oxygen atoms in total. The topological polar surface area (TPSA) is 106 Å². The Morgan fingerprint density at radius 2 is 2.00 bits per heavy atom. The Bertz CT molecular complexity index is 1200. The number of aromatic nitrogens is 6. The molecule has 3 aromatic heterocycles. The van der Waals surface area contributed by atoms with Crippen molar-refractivity contribution in [1.82, 2.24) is 29.6 Å². The van der Waals surface area contributed by atoms with E-state index in [4.69, 9.17) is 20.3 Å². The van der Waals surface area contributed by atoms with Gasteiger partial charge in [0, 0.05) is 22.4 Å². The van der Waals surface area contributed by atoms with Crippen LogP contribution in [0.3, 0.4) is 0 Å². The van der Waals surface area contributed by atoms with Crippen molar-refractivity contribution < 1.29 is 9.47 Å². The van der Waals surface area contributed by atoms with E-state index in [0.717, 1.165) is 33.4 Å². The fourth-order valence-corrected chi connectivity index (χ4v) is 4.73. The Labute approximate surface area is 188 Å². The smallest absolute Gasteiger partial charge is 0.271 e. The van der Waals surface area contributed by atoms with Crippen LogP contribution in [0.1, 0.15) is 24.0 Å². The van der Waals surface area contributed by atoms with E-state index < -0.39 is 0 Å². The minimum Gasteiger partial charge on any atom is -0.493 e. The van der Waals surface area contributed by atoms with Gasteiger partial charge in [-0.3, -0.25) is 0 Å². The summed E-state index contributed by atoms with van der Waals surface area (Å²) in [6, 6.07) is 7.80. The molecule has 1 aromatic carbocycles. The zero-order valence-electron chi connectivity index (χ0n) is 17.7. The third-order valence-electron chi connectivity index (χ3n) is 4.46. The number of thiazole rings is 1. The van der Waals surface area contributed by atoms with Crippen LogP contribution in [0, 0.1) is 13.8 Å². The summed E-state index contributed by atoms with van der Waals surface area (Å²) >= 11 is 3.05. The molecule has 0 spiro atoms. The highest BCUT2D eigenvalue weighted by atomic mass is 32.2. The van der Waals surface area contributed by atoms with Gasteiger partial charge in [0.15, 0.2) is 11.5 Å². The molecule has 0 unspecified atom stereocenters. The number of methoxy groups -OCH3 is 1. The third kappa shape index (κ3) is 4.37. The number of nitrogens with zero attached hydrogens (tertiary/aromatic N) is 6. The van der Waals surface area contributed by atoms with Crippen LogP contribution >= 0.6 is 23.1 Å². The monoisotopic (exact) mass is 457 g/mol.